The van der Waals surface area contributed by atoms with Crippen LogP contribution in [-0.4, -0.2) is 26.4 Å². The second-order valence-corrected chi connectivity index (χ2v) is 8.03. The lowest BCUT2D eigenvalue weighted by atomic mass is 10.1. The van der Waals surface area contributed by atoms with Crippen LogP contribution in [0.25, 0.3) is 11.3 Å². The van der Waals surface area contributed by atoms with Crippen LogP contribution in [-0.2, 0) is 23.5 Å². The molecule has 1 amide bonds. The zero-order valence-electron chi connectivity index (χ0n) is 16.2. The fourth-order valence-corrected chi connectivity index (χ4v) is 4.51. The van der Waals surface area contributed by atoms with E-state index in [-0.39, 0.29) is 5.91 Å². The minimum atomic E-state index is -0.0118. The fourth-order valence-electron chi connectivity index (χ4n) is 3.53. The molecule has 28 heavy (non-hydrogen) atoms. The van der Waals surface area contributed by atoms with E-state index in [4.69, 9.17) is 9.51 Å². The summed E-state index contributed by atoms with van der Waals surface area (Å²) < 4.78 is 7.36. The van der Waals surface area contributed by atoms with Crippen LogP contribution in [0.5, 0.6) is 0 Å². The molecule has 0 saturated carbocycles. The Kier molecular flexibility index (Phi) is 5.52. The predicted molar refractivity (Wildman–Crippen MR) is 111 cm³/mol. The lowest BCUT2D eigenvalue weighted by Crippen LogP contribution is -2.20. The summed E-state index contributed by atoms with van der Waals surface area (Å²) in [7, 11) is 0. The Bertz CT molecular complexity index is 958. The number of amides is 1. The van der Waals surface area contributed by atoms with Gasteiger partial charge in [-0.1, -0.05) is 35.5 Å². The molecule has 0 fully saturated rings. The number of carbonyl (C=O) groups excluding carboxylic acids is 1. The van der Waals surface area contributed by atoms with Crippen LogP contribution in [0.3, 0.4) is 0 Å². The summed E-state index contributed by atoms with van der Waals surface area (Å²) in [6.45, 7) is 4.73. The van der Waals surface area contributed by atoms with Gasteiger partial charge in [-0.25, -0.2) is 4.98 Å². The summed E-state index contributed by atoms with van der Waals surface area (Å²) in [5.41, 5.74) is 3.86. The van der Waals surface area contributed by atoms with Crippen LogP contribution in [0.1, 0.15) is 35.7 Å². The highest BCUT2D eigenvalue weighted by Gasteiger charge is 2.22. The number of nitrogens with zero attached hydrogens (tertiary/aromatic N) is 3. The molecule has 1 aliphatic rings. The molecule has 1 aliphatic heterocycles. The molecule has 0 aliphatic carbocycles. The molecule has 3 aromatic rings. The van der Waals surface area contributed by atoms with Crippen LogP contribution in [0.15, 0.2) is 34.9 Å². The van der Waals surface area contributed by atoms with Gasteiger partial charge in [-0.3, -0.25) is 4.79 Å². The number of nitrogens with one attached hydrogen (secondary N) is 1. The summed E-state index contributed by atoms with van der Waals surface area (Å²) >= 11 is 1.57. The molecule has 0 unspecified atom stereocenters. The van der Waals surface area contributed by atoms with Crippen molar-refractivity contribution in [2.45, 2.75) is 45.4 Å². The molecule has 0 spiro atoms. The zero-order valence-corrected chi connectivity index (χ0v) is 17.0. The van der Waals surface area contributed by atoms with Crippen LogP contribution in [0.4, 0.5) is 5.82 Å². The number of aryl methyl sites for hydroxylation is 3. The highest BCUT2D eigenvalue weighted by Crippen LogP contribution is 2.32. The molecular weight excluding hydrogens is 372 g/mol. The van der Waals surface area contributed by atoms with Crippen molar-refractivity contribution in [2.24, 2.45) is 0 Å². The first-order chi connectivity index (χ1) is 13.6. The number of carbonyl (C=O) groups is 1. The smallest absolute Gasteiger partial charge is 0.235 e. The summed E-state index contributed by atoms with van der Waals surface area (Å²) in [6, 6.07) is 10.1. The van der Waals surface area contributed by atoms with Gasteiger partial charge in [0, 0.05) is 29.8 Å². The van der Waals surface area contributed by atoms with Crippen molar-refractivity contribution >= 4 is 23.5 Å². The van der Waals surface area contributed by atoms with Gasteiger partial charge in [-0.15, -0.1) is 11.8 Å². The van der Waals surface area contributed by atoms with Gasteiger partial charge in [-0.2, -0.15) is 0 Å². The van der Waals surface area contributed by atoms with Crippen molar-refractivity contribution in [1.29, 1.82) is 0 Å². The molecule has 1 aromatic carbocycles. The van der Waals surface area contributed by atoms with Gasteiger partial charge < -0.3 is 14.4 Å². The number of hydrogen-bond acceptors (Lipinski definition) is 5. The van der Waals surface area contributed by atoms with E-state index in [1.54, 1.807) is 11.8 Å². The summed E-state index contributed by atoms with van der Waals surface area (Å²) in [4.78, 5) is 17.5. The average Bonchev–Trinajstić information content (AvgIpc) is 3.23. The average molecular weight is 397 g/mol. The Balaban J connectivity index is 1.49. The largest absolute Gasteiger partial charge is 0.361 e. The van der Waals surface area contributed by atoms with E-state index in [9.17, 15) is 4.79 Å². The molecule has 146 valence electrons. The van der Waals surface area contributed by atoms with Crippen LogP contribution >= 0.6 is 11.8 Å². The maximum absolute atomic E-state index is 12.7. The minimum Gasteiger partial charge on any atom is -0.361 e. The molecule has 6 nitrogen and oxygen atoms in total. The highest BCUT2D eigenvalue weighted by atomic mass is 32.2. The molecule has 0 bridgehead atoms. The van der Waals surface area contributed by atoms with Gasteiger partial charge in [-0.05, 0) is 26.7 Å². The Morgan fingerprint density at radius 3 is 2.82 bits per heavy atom. The third-order valence-electron chi connectivity index (χ3n) is 5.04. The topological polar surface area (TPSA) is 73.0 Å². The van der Waals surface area contributed by atoms with Crippen molar-refractivity contribution < 1.29 is 9.32 Å². The van der Waals surface area contributed by atoms with Gasteiger partial charge >= 0.3 is 0 Å². The van der Waals surface area contributed by atoms with Gasteiger partial charge in [0.15, 0.2) is 0 Å². The SMILES string of the molecule is Cc1noc(C)c1CSCC(=O)Nc1c(-c2ccccc2)nc2n1CCCC2. The third kappa shape index (κ3) is 3.85. The van der Waals surface area contributed by atoms with E-state index in [0.29, 0.717) is 11.5 Å². The summed E-state index contributed by atoms with van der Waals surface area (Å²) in [6.07, 6.45) is 3.21. The van der Waals surface area contributed by atoms with E-state index in [1.807, 2.05) is 44.2 Å². The first-order valence-corrected chi connectivity index (χ1v) is 10.7. The molecular formula is C21H24N4O2S. The molecule has 4 rings (SSSR count). The van der Waals surface area contributed by atoms with E-state index < -0.39 is 0 Å². The number of fused-ring (bicyclic) bond motifs is 1. The van der Waals surface area contributed by atoms with E-state index in [0.717, 1.165) is 65.7 Å². The van der Waals surface area contributed by atoms with Crippen molar-refractivity contribution in [3.8, 4) is 11.3 Å². The normalized spacial score (nSPS) is 13.4. The number of rotatable bonds is 6. The maximum Gasteiger partial charge on any atom is 0.235 e. The highest BCUT2D eigenvalue weighted by molar-refractivity contribution is 7.99. The fraction of sp³-hybridized carbons (Fsp3) is 0.381. The summed E-state index contributed by atoms with van der Waals surface area (Å²) in [5.74, 6) is 3.78. The molecule has 3 heterocycles. The Morgan fingerprint density at radius 2 is 2.07 bits per heavy atom. The zero-order chi connectivity index (χ0) is 19.5. The van der Waals surface area contributed by atoms with E-state index in [1.165, 1.54) is 0 Å². The van der Waals surface area contributed by atoms with Crippen molar-refractivity contribution in [2.75, 3.05) is 11.1 Å². The van der Waals surface area contributed by atoms with E-state index in [2.05, 4.69) is 15.0 Å². The standard InChI is InChI=1S/C21H24N4O2S/c1-14-17(15(2)27-24-14)12-28-13-19(26)23-21-20(16-8-4-3-5-9-16)22-18-10-6-7-11-25(18)21/h3-5,8-9H,6-7,10-13H2,1-2H3,(H,23,26). The van der Waals surface area contributed by atoms with E-state index >= 15 is 0 Å². The van der Waals surface area contributed by atoms with Gasteiger partial charge in [0.1, 0.15) is 23.1 Å². The van der Waals surface area contributed by atoms with Crippen LogP contribution < -0.4 is 5.32 Å². The first-order valence-electron chi connectivity index (χ1n) is 9.57. The number of anilines is 1. The number of hydrogen-bond donors (Lipinski definition) is 1. The number of imidazole rings is 1. The Hall–Kier alpha value is -2.54. The van der Waals surface area contributed by atoms with Crippen molar-refractivity contribution in [1.82, 2.24) is 14.7 Å². The number of aromatic nitrogens is 3. The monoisotopic (exact) mass is 396 g/mol. The minimum absolute atomic E-state index is 0.0118. The second-order valence-electron chi connectivity index (χ2n) is 7.04. The molecule has 1 N–H and O–H groups in total. The quantitative estimate of drug-likeness (QED) is 0.670. The lowest BCUT2D eigenvalue weighted by molar-refractivity contribution is -0.113. The summed E-state index contributed by atoms with van der Waals surface area (Å²) in [5, 5.41) is 7.10. The molecule has 0 atom stereocenters. The van der Waals surface area contributed by atoms with Gasteiger partial charge in [0.25, 0.3) is 0 Å². The Labute approximate surface area is 168 Å². The maximum atomic E-state index is 12.7. The van der Waals surface area contributed by atoms with Crippen molar-refractivity contribution in [3.63, 3.8) is 0 Å². The molecule has 7 heteroatoms. The van der Waals surface area contributed by atoms with Gasteiger partial charge in [0.2, 0.25) is 5.91 Å². The third-order valence-corrected chi connectivity index (χ3v) is 6.00. The number of benzene rings is 1. The second kappa shape index (κ2) is 8.22. The molecule has 0 radical (unpaired) electrons. The lowest BCUT2D eigenvalue weighted by Gasteiger charge is -2.17. The molecule has 0 saturated heterocycles. The first kappa shape index (κ1) is 18.8. The van der Waals surface area contributed by atoms with Crippen LogP contribution in [0, 0.1) is 13.8 Å². The van der Waals surface area contributed by atoms with Crippen LogP contribution in [0.2, 0.25) is 0 Å². The van der Waals surface area contributed by atoms with Crippen molar-refractivity contribution in [3.05, 3.63) is 53.2 Å². The number of thioether (sulfide) groups is 1. The van der Waals surface area contributed by atoms with Gasteiger partial charge in [0.05, 0.1) is 11.4 Å². The predicted octanol–water partition coefficient (Wildman–Crippen LogP) is 4.36. The Morgan fingerprint density at radius 1 is 1.25 bits per heavy atom. The molecule has 2 aromatic heterocycles.